The third-order valence-corrected chi connectivity index (χ3v) is 9.31. The summed E-state index contributed by atoms with van der Waals surface area (Å²) in [5, 5.41) is 16.0. The number of allylic oxidation sites excluding steroid dienone is 2. The Morgan fingerprint density at radius 3 is 2.10 bits per heavy atom. The first-order valence-corrected chi connectivity index (χ1v) is 18.3. The normalized spacial score (nSPS) is 19.1. The second-order valence-corrected chi connectivity index (χ2v) is 13.5. The van der Waals surface area contributed by atoms with Crippen LogP contribution in [-0.4, -0.2) is 48.2 Å². The van der Waals surface area contributed by atoms with Crippen molar-refractivity contribution in [3.05, 3.63) is 150 Å². The number of aliphatic hydroxyl groups excluding tert-OH is 1. The van der Waals surface area contributed by atoms with Crippen LogP contribution in [0, 0.1) is 11.8 Å². The second-order valence-electron chi connectivity index (χ2n) is 13.5. The van der Waals surface area contributed by atoms with Gasteiger partial charge in [-0.1, -0.05) is 115 Å². The summed E-state index contributed by atoms with van der Waals surface area (Å²) in [5.74, 6) is -1.09. The first-order chi connectivity index (χ1) is 25.4. The van der Waals surface area contributed by atoms with Crippen LogP contribution in [0.15, 0.2) is 127 Å². The molecule has 1 heterocycles. The lowest BCUT2D eigenvalue weighted by molar-refractivity contribution is -0.150. The van der Waals surface area contributed by atoms with Gasteiger partial charge in [0.15, 0.2) is 0 Å². The fourth-order valence-electron chi connectivity index (χ4n) is 6.43. The minimum Gasteiger partial charge on any atom is -0.489 e. The van der Waals surface area contributed by atoms with E-state index in [-0.39, 0.29) is 43.3 Å². The van der Waals surface area contributed by atoms with Crippen LogP contribution in [0.4, 0.5) is 0 Å². The Bertz CT molecular complexity index is 1700. The van der Waals surface area contributed by atoms with Gasteiger partial charge in [0.1, 0.15) is 19.0 Å². The highest BCUT2D eigenvalue weighted by atomic mass is 16.5. The molecule has 0 saturated heterocycles. The number of rotatable bonds is 13. The van der Waals surface area contributed by atoms with Crippen molar-refractivity contribution in [1.82, 2.24) is 10.6 Å². The van der Waals surface area contributed by atoms with Gasteiger partial charge < -0.3 is 25.2 Å². The topological polar surface area (TPSA) is 114 Å². The average molecular weight is 703 g/mol. The number of carbonyl (C=O) groups excluding carboxylic acids is 3. The van der Waals surface area contributed by atoms with Crippen molar-refractivity contribution in [2.24, 2.45) is 11.8 Å². The van der Waals surface area contributed by atoms with Crippen LogP contribution in [-0.2, 0) is 45.0 Å². The fourth-order valence-corrected chi connectivity index (χ4v) is 6.43. The molecule has 272 valence electrons. The van der Waals surface area contributed by atoms with Gasteiger partial charge in [0, 0.05) is 6.42 Å². The molecule has 4 aromatic carbocycles. The van der Waals surface area contributed by atoms with Gasteiger partial charge in [0.2, 0.25) is 11.8 Å². The van der Waals surface area contributed by atoms with E-state index in [4.69, 9.17) is 9.47 Å². The molecule has 0 radical (unpaired) electrons. The first-order valence-electron chi connectivity index (χ1n) is 18.3. The third kappa shape index (κ3) is 12.8. The molecule has 8 heteroatoms. The number of aliphatic hydroxyl groups is 1. The summed E-state index contributed by atoms with van der Waals surface area (Å²) in [6.45, 7) is 0.237. The second kappa shape index (κ2) is 20.6. The monoisotopic (exact) mass is 702 g/mol. The van der Waals surface area contributed by atoms with Gasteiger partial charge in [0.25, 0.3) is 0 Å². The number of amides is 2. The molecule has 3 N–H and O–H groups in total. The van der Waals surface area contributed by atoms with E-state index in [1.165, 1.54) is 0 Å². The molecule has 0 aromatic heterocycles. The Hall–Kier alpha value is -5.21. The maximum atomic E-state index is 13.9. The predicted octanol–water partition coefficient (Wildman–Crippen LogP) is 6.55. The van der Waals surface area contributed by atoms with Crippen LogP contribution >= 0.6 is 0 Å². The quantitative estimate of drug-likeness (QED) is 0.108. The van der Waals surface area contributed by atoms with Crippen LogP contribution in [0.1, 0.15) is 54.4 Å². The zero-order valence-electron chi connectivity index (χ0n) is 29.7. The van der Waals surface area contributed by atoms with Crippen LogP contribution in [0.5, 0.6) is 5.75 Å². The average Bonchev–Trinajstić information content (AvgIpc) is 3.17. The minimum atomic E-state index is -0.645. The van der Waals surface area contributed by atoms with Crippen LogP contribution in [0.2, 0.25) is 0 Å². The zero-order chi connectivity index (χ0) is 36.4. The number of hydrogen-bond acceptors (Lipinski definition) is 6. The molecule has 0 spiro atoms. The Kier molecular flexibility index (Phi) is 15.1. The molecule has 2 amide bonds. The zero-order valence-corrected chi connectivity index (χ0v) is 29.7. The molecule has 4 unspecified atom stereocenters. The molecular formula is C44H50N2O6. The van der Waals surface area contributed by atoms with Gasteiger partial charge in [-0.05, 0) is 79.3 Å². The van der Waals surface area contributed by atoms with Gasteiger partial charge in [0.05, 0.1) is 30.5 Å². The fraction of sp³-hybridized carbons (Fsp3) is 0.341. The predicted molar refractivity (Wildman–Crippen MR) is 202 cm³/mol. The Balaban J connectivity index is 1.28. The van der Waals surface area contributed by atoms with Crippen LogP contribution in [0.3, 0.4) is 0 Å². The Morgan fingerprint density at radius 2 is 1.42 bits per heavy atom. The maximum Gasteiger partial charge on any atom is 0.309 e. The number of nitrogens with one attached hydrogen (secondary N) is 2. The van der Waals surface area contributed by atoms with Gasteiger partial charge in [-0.15, -0.1) is 0 Å². The Labute approximate surface area is 307 Å². The molecule has 4 aromatic rings. The lowest BCUT2D eigenvalue weighted by Crippen LogP contribution is -2.45. The van der Waals surface area contributed by atoms with E-state index in [2.05, 4.69) is 10.6 Å². The largest absolute Gasteiger partial charge is 0.489 e. The molecule has 1 aliphatic rings. The van der Waals surface area contributed by atoms with E-state index >= 15 is 0 Å². The molecule has 8 nitrogen and oxygen atoms in total. The molecule has 0 saturated carbocycles. The molecule has 0 aliphatic carbocycles. The molecule has 52 heavy (non-hydrogen) atoms. The van der Waals surface area contributed by atoms with Crippen molar-refractivity contribution in [3.8, 4) is 5.75 Å². The van der Waals surface area contributed by atoms with Crippen LogP contribution < -0.4 is 15.4 Å². The van der Waals surface area contributed by atoms with Crippen molar-refractivity contribution in [2.75, 3.05) is 13.2 Å². The number of hydrogen-bond donors (Lipinski definition) is 3. The van der Waals surface area contributed by atoms with Crippen molar-refractivity contribution >= 4 is 17.8 Å². The standard InChI is InChI=1S/C44H50N2O6/c47-30-39(27-34-16-8-4-9-17-34)45-42(48)29-37-20-12-1-2-13-21-38(26-33-14-6-3-7-15-33)44(50)52-32-40(46-43(37)49)28-35-22-24-41(25-23-35)51-31-36-18-10-5-11-19-36/h1,3-12,14-19,22-25,37-40,47H,2,13,20-21,26-32H2,(H,45,48)(H,46,49). The van der Waals surface area contributed by atoms with Gasteiger partial charge >= 0.3 is 5.97 Å². The number of ether oxygens (including phenoxy) is 2. The van der Waals surface area contributed by atoms with E-state index in [1.807, 2.05) is 127 Å². The van der Waals surface area contributed by atoms with E-state index in [0.717, 1.165) is 40.8 Å². The van der Waals surface area contributed by atoms with E-state index in [9.17, 15) is 19.5 Å². The Morgan fingerprint density at radius 1 is 0.788 bits per heavy atom. The summed E-state index contributed by atoms with van der Waals surface area (Å²) in [4.78, 5) is 40.7. The molecule has 4 atom stereocenters. The summed E-state index contributed by atoms with van der Waals surface area (Å²) >= 11 is 0. The van der Waals surface area contributed by atoms with Crippen molar-refractivity contribution < 1.29 is 29.0 Å². The maximum absolute atomic E-state index is 13.9. The number of carbonyl (C=O) groups is 3. The SMILES string of the molecule is O=C(CC1CC=CCCCC(Cc2ccccc2)C(=O)OCC(Cc2ccc(OCc3ccccc3)cc2)NC1=O)NC(CO)Cc1ccccc1. The van der Waals surface area contributed by atoms with Crippen molar-refractivity contribution in [2.45, 2.75) is 70.1 Å². The third-order valence-electron chi connectivity index (χ3n) is 9.31. The summed E-state index contributed by atoms with van der Waals surface area (Å²) in [7, 11) is 0. The molecule has 0 bridgehead atoms. The number of benzene rings is 4. The van der Waals surface area contributed by atoms with E-state index < -0.39 is 18.0 Å². The lowest BCUT2D eigenvalue weighted by Gasteiger charge is -2.25. The van der Waals surface area contributed by atoms with Crippen LogP contribution in [0.25, 0.3) is 0 Å². The minimum absolute atomic E-state index is 0.000535. The molecule has 0 fully saturated rings. The van der Waals surface area contributed by atoms with E-state index in [1.54, 1.807) is 0 Å². The van der Waals surface area contributed by atoms with E-state index in [0.29, 0.717) is 38.7 Å². The highest BCUT2D eigenvalue weighted by Gasteiger charge is 2.27. The number of esters is 1. The highest BCUT2D eigenvalue weighted by Crippen LogP contribution is 2.21. The van der Waals surface area contributed by atoms with Gasteiger partial charge in [-0.3, -0.25) is 14.4 Å². The molecular weight excluding hydrogens is 652 g/mol. The summed E-state index contributed by atoms with van der Waals surface area (Å²) in [6.07, 6.45) is 8.03. The van der Waals surface area contributed by atoms with Crippen molar-refractivity contribution in [1.29, 1.82) is 0 Å². The summed E-state index contributed by atoms with van der Waals surface area (Å²) < 4.78 is 11.9. The summed E-state index contributed by atoms with van der Waals surface area (Å²) in [5.41, 5.74) is 4.09. The highest BCUT2D eigenvalue weighted by molar-refractivity contribution is 5.86. The van der Waals surface area contributed by atoms with Gasteiger partial charge in [-0.25, -0.2) is 0 Å². The summed E-state index contributed by atoms with van der Waals surface area (Å²) in [6, 6.07) is 36.3. The molecule has 1 aliphatic heterocycles. The smallest absolute Gasteiger partial charge is 0.309 e. The first kappa shape index (κ1) is 38.0. The number of cyclic esters (lactones) is 1. The van der Waals surface area contributed by atoms with Gasteiger partial charge in [-0.2, -0.15) is 0 Å². The molecule has 5 rings (SSSR count). The van der Waals surface area contributed by atoms with Crippen molar-refractivity contribution in [3.63, 3.8) is 0 Å². The lowest BCUT2D eigenvalue weighted by atomic mass is 9.93.